The molecule has 72 valence electrons. The van der Waals surface area contributed by atoms with Crippen LogP contribution in [-0.4, -0.2) is 23.9 Å². The maximum Gasteiger partial charge on any atom is 0.0882 e. The summed E-state index contributed by atoms with van der Waals surface area (Å²) in [5.41, 5.74) is -0.503. The predicted octanol–water partition coefficient (Wildman–Crippen LogP) is 1.96. The Labute approximate surface area is 74.9 Å². The Hall–Kier alpha value is -0.0800. The summed E-state index contributed by atoms with van der Waals surface area (Å²) in [6.45, 7) is 5.39. The first-order chi connectivity index (χ1) is 5.70. The first kappa shape index (κ1) is 10.0. The van der Waals surface area contributed by atoms with Crippen LogP contribution < -0.4 is 0 Å². The lowest BCUT2D eigenvalue weighted by Crippen LogP contribution is -2.31. The van der Waals surface area contributed by atoms with E-state index in [1.54, 1.807) is 0 Å². The van der Waals surface area contributed by atoms with Gasteiger partial charge in [-0.15, -0.1) is 0 Å². The van der Waals surface area contributed by atoms with Crippen molar-refractivity contribution in [3.63, 3.8) is 0 Å². The van der Waals surface area contributed by atoms with Crippen LogP contribution in [-0.2, 0) is 4.74 Å². The molecule has 0 aromatic rings. The highest BCUT2D eigenvalue weighted by Crippen LogP contribution is 2.36. The molecule has 0 amide bonds. The third-order valence-corrected chi connectivity index (χ3v) is 2.84. The molecule has 0 spiro atoms. The molecular weight excluding hydrogens is 152 g/mol. The van der Waals surface area contributed by atoms with Gasteiger partial charge in [-0.3, -0.25) is 0 Å². The van der Waals surface area contributed by atoms with E-state index in [2.05, 4.69) is 6.92 Å². The summed E-state index contributed by atoms with van der Waals surface area (Å²) in [6, 6.07) is 0. The van der Waals surface area contributed by atoms with E-state index in [1.807, 2.05) is 6.92 Å². The summed E-state index contributed by atoms with van der Waals surface area (Å²) < 4.78 is 5.26. The van der Waals surface area contributed by atoms with Crippen LogP contribution in [0.2, 0.25) is 0 Å². The van der Waals surface area contributed by atoms with Gasteiger partial charge in [0.15, 0.2) is 0 Å². The van der Waals surface area contributed by atoms with E-state index >= 15 is 0 Å². The first-order valence-corrected chi connectivity index (χ1v) is 5.00. The fourth-order valence-corrected chi connectivity index (χ4v) is 1.99. The molecule has 0 bridgehead atoms. The van der Waals surface area contributed by atoms with Crippen molar-refractivity contribution in [2.75, 3.05) is 13.2 Å². The largest absolute Gasteiger partial charge is 0.387 e. The van der Waals surface area contributed by atoms with Crippen molar-refractivity contribution in [3.05, 3.63) is 0 Å². The van der Waals surface area contributed by atoms with Crippen LogP contribution in [0.5, 0.6) is 0 Å². The highest BCUT2D eigenvalue weighted by atomic mass is 16.5. The number of rotatable bonds is 4. The minimum absolute atomic E-state index is 0.503. The van der Waals surface area contributed by atoms with E-state index in [0.29, 0.717) is 13.2 Å². The monoisotopic (exact) mass is 172 g/mol. The SMILES string of the molecule is CCOCC1(O)CCC(CC)C1. The van der Waals surface area contributed by atoms with Crippen molar-refractivity contribution < 1.29 is 9.84 Å². The maximum absolute atomic E-state index is 10.00. The molecule has 0 aromatic carbocycles. The molecule has 2 unspecified atom stereocenters. The van der Waals surface area contributed by atoms with Crippen LogP contribution in [0.15, 0.2) is 0 Å². The lowest BCUT2D eigenvalue weighted by Gasteiger charge is -2.22. The molecular formula is C10H20O2. The van der Waals surface area contributed by atoms with Crippen molar-refractivity contribution in [1.29, 1.82) is 0 Å². The normalized spacial score (nSPS) is 35.8. The van der Waals surface area contributed by atoms with Crippen LogP contribution in [0.25, 0.3) is 0 Å². The molecule has 0 heterocycles. The molecule has 1 aliphatic carbocycles. The second-order valence-electron chi connectivity index (χ2n) is 3.88. The van der Waals surface area contributed by atoms with Crippen molar-refractivity contribution in [2.45, 2.75) is 45.1 Å². The van der Waals surface area contributed by atoms with Crippen LogP contribution in [0.3, 0.4) is 0 Å². The fourth-order valence-electron chi connectivity index (χ4n) is 1.99. The molecule has 2 nitrogen and oxygen atoms in total. The van der Waals surface area contributed by atoms with Gasteiger partial charge in [0, 0.05) is 6.61 Å². The standard InChI is InChI=1S/C10H20O2/c1-3-9-5-6-10(11,7-9)8-12-4-2/h9,11H,3-8H2,1-2H3. The molecule has 0 aromatic heterocycles. The zero-order valence-corrected chi connectivity index (χ0v) is 8.18. The summed E-state index contributed by atoms with van der Waals surface area (Å²) in [4.78, 5) is 0. The molecule has 0 radical (unpaired) electrons. The van der Waals surface area contributed by atoms with E-state index in [0.717, 1.165) is 18.8 Å². The zero-order valence-electron chi connectivity index (χ0n) is 8.18. The van der Waals surface area contributed by atoms with E-state index in [1.165, 1.54) is 12.8 Å². The topological polar surface area (TPSA) is 29.5 Å². The number of hydrogen-bond acceptors (Lipinski definition) is 2. The van der Waals surface area contributed by atoms with E-state index < -0.39 is 5.60 Å². The zero-order chi connectivity index (χ0) is 9.03. The smallest absolute Gasteiger partial charge is 0.0882 e. The Morgan fingerprint density at radius 1 is 1.50 bits per heavy atom. The molecule has 1 aliphatic rings. The van der Waals surface area contributed by atoms with Crippen molar-refractivity contribution in [1.82, 2.24) is 0 Å². The minimum Gasteiger partial charge on any atom is -0.387 e. The van der Waals surface area contributed by atoms with Gasteiger partial charge in [-0.1, -0.05) is 13.3 Å². The maximum atomic E-state index is 10.00. The summed E-state index contributed by atoms with van der Waals surface area (Å²) >= 11 is 0. The fraction of sp³-hybridized carbons (Fsp3) is 1.00. The highest BCUT2D eigenvalue weighted by molar-refractivity contribution is 4.88. The lowest BCUT2D eigenvalue weighted by atomic mass is 10.00. The van der Waals surface area contributed by atoms with Gasteiger partial charge in [0.25, 0.3) is 0 Å². The Bertz CT molecular complexity index is 136. The average Bonchev–Trinajstić information content (AvgIpc) is 2.45. The average molecular weight is 172 g/mol. The second kappa shape index (κ2) is 4.24. The summed E-state index contributed by atoms with van der Waals surface area (Å²) in [5, 5.41) is 10.00. The van der Waals surface area contributed by atoms with E-state index in [-0.39, 0.29) is 0 Å². The molecule has 1 fully saturated rings. The summed E-state index contributed by atoms with van der Waals surface area (Å²) in [7, 11) is 0. The van der Waals surface area contributed by atoms with Gasteiger partial charge < -0.3 is 9.84 Å². The third kappa shape index (κ3) is 2.46. The van der Waals surface area contributed by atoms with E-state index in [4.69, 9.17) is 4.74 Å². The molecule has 0 aliphatic heterocycles. The summed E-state index contributed by atoms with van der Waals surface area (Å²) in [5.74, 6) is 0.718. The van der Waals surface area contributed by atoms with Crippen LogP contribution in [0.4, 0.5) is 0 Å². The Balaban J connectivity index is 2.31. The number of hydrogen-bond donors (Lipinski definition) is 1. The Morgan fingerprint density at radius 2 is 2.25 bits per heavy atom. The van der Waals surface area contributed by atoms with E-state index in [9.17, 15) is 5.11 Å². The summed E-state index contributed by atoms with van der Waals surface area (Å²) in [6.07, 6.45) is 4.21. The van der Waals surface area contributed by atoms with Crippen molar-refractivity contribution in [2.24, 2.45) is 5.92 Å². The molecule has 1 rings (SSSR count). The molecule has 1 saturated carbocycles. The lowest BCUT2D eigenvalue weighted by molar-refractivity contribution is -0.0407. The Kier molecular flexibility index (Phi) is 3.53. The molecule has 2 heteroatoms. The van der Waals surface area contributed by atoms with Crippen molar-refractivity contribution in [3.8, 4) is 0 Å². The van der Waals surface area contributed by atoms with Crippen LogP contribution in [0.1, 0.15) is 39.5 Å². The number of ether oxygens (including phenoxy) is 1. The van der Waals surface area contributed by atoms with Gasteiger partial charge in [0.1, 0.15) is 0 Å². The predicted molar refractivity (Wildman–Crippen MR) is 49.1 cm³/mol. The molecule has 12 heavy (non-hydrogen) atoms. The van der Waals surface area contributed by atoms with Gasteiger partial charge in [0.2, 0.25) is 0 Å². The third-order valence-electron chi connectivity index (χ3n) is 2.84. The molecule has 1 N–H and O–H groups in total. The number of aliphatic hydroxyl groups is 1. The van der Waals surface area contributed by atoms with Crippen LogP contribution >= 0.6 is 0 Å². The second-order valence-corrected chi connectivity index (χ2v) is 3.88. The highest BCUT2D eigenvalue weighted by Gasteiger charge is 2.36. The molecule has 0 saturated heterocycles. The van der Waals surface area contributed by atoms with Gasteiger partial charge in [-0.25, -0.2) is 0 Å². The van der Waals surface area contributed by atoms with Crippen molar-refractivity contribution >= 4 is 0 Å². The minimum atomic E-state index is -0.503. The quantitative estimate of drug-likeness (QED) is 0.702. The van der Waals surface area contributed by atoms with Crippen LogP contribution in [0, 0.1) is 5.92 Å². The first-order valence-electron chi connectivity index (χ1n) is 5.00. The van der Waals surface area contributed by atoms with Gasteiger partial charge in [-0.05, 0) is 32.1 Å². The van der Waals surface area contributed by atoms with Gasteiger partial charge >= 0.3 is 0 Å². The molecule has 2 atom stereocenters. The van der Waals surface area contributed by atoms with Gasteiger partial charge in [0.05, 0.1) is 12.2 Å². The Morgan fingerprint density at radius 3 is 2.75 bits per heavy atom. The van der Waals surface area contributed by atoms with Gasteiger partial charge in [-0.2, -0.15) is 0 Å².